The van der Waals surface area contributed by atoms with E-state index < -0.39 is 0 Å². The SMILES string of the molecule is CC(C)(C)C(=O)NC1CCN(CC2CCN(C(C)(C)C)CC2)CC1. The molecule has 0 aromatic rings. The molecule has 2 heterocycles. The van der Waals surface area contributed by atoms with Crippen molar-refractivity contribution in [2.45, 2.75) is 78.8 Å². The van der Waals surface area contributed by atoms with Gasteiger partial charge in [0.05, 0.1) is 0 Å². The average Bonchev–Trinajstić information content (AvgIpc) is 2.48. The fraction of sp³-hybridized carbons (Fsp3) is 0.950. The summed E-state index contributed by atoms with van der Waals surface area (Å²) in [6.45, 7) is 18.9. The number of amides is 1. The number of piperidine rings is 2. The van der Waals surface area contributed by atoms with Crippen molar-refractivity contribution in [2.75, 3.05) is 32.7 Å². The van der Waals surface area contributed by atoms with Gasteiger partial charge in [-0.25, -0.2) is 0 Å². The third-order valence-corrected chi connectivity index (χ3v) is 5.68. The van der Waals surface area contributed by atoms with Gasteiger partial charge in [-0.15, -0.1) is 0 Å². The van der Waals surface area contributed by atoms with Gasteiger partial charge in [-0.3, -0.25) is 9.69 Å². The van der Waals surface area contributed by atoms with Crippen LogP contribution in [0.5, 0.6) is 0 Å². The molecule has 0 aromatic heterocycles. The van der Waals surface area contributed by atoms with Crippen molar-refractivity contribution in [2.24, 2.45) is 11.3 Å². The van der Waals surface area contributed by atoms with Gasteiger partial charge < -0.3 is 10.2 Å². The Labute approximate surface area is 149 Å². The fourth-order valence-corrected chi connectivity index (χ4v) is 3.81. The summed E-state index contributed by atoms with van der Waals surface area (Å²) < 4.78 is 0. The van der Waals surface area contributed by atoms with Crippen LogP contribution in [0.15, 0.2) is 0 Å². The second-order valence-electron chi connectivity index (χ2n) is 9.90. The molecule has 2 fully saturated rings. The zero-order valence-corrected chi connectivity index (χ0v) is 16.8. The molecule has 0 radical (unpaired) electrons. The van der Waals surface area contributed by atoms with Crippen molar-refractivity contribution < 1.29 is 4.79 Å². The van der Waals surface area contributed by atoms with Crippen molar-refractivity contribution >= 4 is 5.91 Å². The molecule has 24 heavy (non-hydrogen) atoms. The largest absolute Gasteiger partial charge is 0.353 e. The molecule has 0 spiro atoms. The van der Waals surface area contributed by atoms with Crippen molar-refractivity contribution in [3.8, 4) is 0 Å². The van der Waals surface area contributed by atoms with E-state index in [-0.39, 0.29) is 11.3 Å². The Kier molecular flexibility index (Phi) is 6.35. The first kappa shape index (κ1) is 19.7. The van der Waals surface area contributed by atoms with E-state index in [1.54, 1.807) is 0 Å². The molecule has 2 aliphatic heterocycles. The zero-order chi connectivity index (χ0) is 18.0. The lowest BCUT2D eigenvalue weighted by atomic mass is 9.91. The summed E-state index contributed by atoms with van der Waals surface area (Å²) in [5.74, 6) is 1.04. The summed E-state index contributed by atoms with van der Waals surface area (Å²) in [7, 11) is 0. The summed E-state index contributed by atoms with van der Waals surface area (Å²) in [5.41, 5.74) is 0.0345. The van der Waals surface area contributed by atoms with Crippen molar-refractivity contribution in [1.29, 1.82) is 0 Å². The van der Waals surface area contributed by atoms with E-state index in [2.05, 4.69) is 35.9 Å². The summed E-state index contributed by atoms with van der Waals surface area (Å²) >= 11 is 0. The molecule has 0 bridgehead atoms. The predicted octanol–water partition coefficient (Wildman–Crippen LogP) is 3.12. The minimum absolute atomic E-state index is 0.190. The summed E-state index contributed by atoms with van der Waals surface area (Å²) in [6.07, 6.45) is 4.86. The van der Waals surface area contributed by atoms with Crippen LogP contribution in [0.4, 0.5) is 0 Å². The highest BCUT2D eigenvalue weighted by Crippen LogP contribution is 2.25. The smallest absolute Gasteiger partial charge is 0.225 e. The van der Waals surface area contributed by atoms with Crippen LogP contribution in [0.3, 0.4) is 0 Å². The average molecular weight is 338 g/mol. The van der Waals surface area contributed by atoms with E-state index in [4.69, 9.17) is 0 Å². The Morgan fingerprint density at radius 2 is 1.46 bits per heavy atom. The molecular weight excluding hydrogens is 298 g/mol. The van der Waals surface area contributed by atoms with Crippen LogP contribution in [0, 0.1) is 11.3 Å². The molecule has 4 heteroatoms. The first-order valence-corrected chi connectivity index (χ1v) is 9.84. The van der Waals surface area contributed by atoms with Gasteiger partial charge in [-0.05, 0) is 65.5 Å². The first-order valence-electron chi connectivity index (χ1n) is 9.84. The lowest BCUT2D eigenvalue weighted by molar-refractivity contribution is -0.129. The van der Waals surface area contributed by atoms with E-state index in [0.717, 1.165) is 31.8 Å². The molecular formula is C20H39N3O. The second-order valence-corrected chi connectivity index (χ2v) is 9.90. The summed E-state index contributed by atoms with van der Waals surface area (Å²) in [5, 5.41) is 3.23. The van der Waals surface area contributed by atoms with E-state index in [1.807, 2.05) is 20.8 Å². The van der Waals surface area contributed by atoms with Gasteiger partial charge in [-0.1, -0.05) is 20.8 Å². The molecule has 2 rings (SSSR count). The molecule has 2 aliphatic rings. The highest BCUT2D eigenvalue weighted by Gasteiger charge is 2.30. The molecule has 0 unspecified atom stereocenters. The van der Waals surface area contributed by atoms with Crippen molar-refractivity contribution in [3.63, 3.8) is 0 Å². The van der Waals surface area contributed by atoms with Gasteiger partial charge in [0, 0.05) is 36.6 Å². The first-order chi connectivity index (χ1) is 11.1. The maximum atomic E-state index is 12.1. The Bertz CT molecular complexity index is 406. The number of rotatable bonds is 3. The standard InChI is InChI=1S/C20H39N3O/c1-19(2,3)18(24)21-17-9-11-22(12-10-17)15-16-7-13-23(14-8-16)20(4,5)6/h16-17H,7-15H2,1-6H3,(H,21,24). The number of hydrogen-bond donors (Lipinski definition) is 1. The van der Waals surface area contributed by atoms with Gasteiger partial charge in [0.15, 0.2) is 0 Å². The molecule has 140 valence electrons. The number of hydrogen-bond acceptors (Lipinski definition) is 3. The lowest BCUT2D eigenvalue weighted by Crippen LogP contribution is -2.50. The number of carbonyl (C=O) groups excluding carboxylic acids is 1. The highest BCUT2D eigenvalue weighted by atomic mass is 16.2. The molecule has 2 saturated heterocycles. The monoisotopic (exact) mass is 337 g/mol. The van der Waals surface area contributed by atoms with E-state index >= 15 is 0 Å². The Morgan fingerprint density at radius 1 is 0.917 bits per heavy atom. The lowest BCUT2D eigenvalue weighted by Gasteiger charge is -2.42. The van der Waals surface area contributed by atoms with Gasteiger partial charge in [0.1, 0.15) is 0 Å². The number of nitrogens with one attached hydrogen (secondary N) is 1. The molecule has 4 nitrogen and oxygen atoms in total. The fourth-order valence-electron chi connectivity index (χ4n) is 3.81. The van der Waals surface area contributed by atoms with Gasteiger partial charge in [-0.2, -0.15) is 0 Å². The normalized spacial score (nSPS) is 23.4. The zero-order valence-electron chi connectivity index (χ0n) is 16.8. The van der Waals surface area contributed by atoms with Crippen LogP contribution >= 0.6 is 0 Å². The minimum Gasteiger partial charge on any atom is -0.353 e. The highest BCUT2D eigenvalue weighted by molar-refractivity contribution is 5.81. The van der Waals surface area contributed by atoms with Gasteiger partial charge in [0.25, 0.3) is 0 Å². The quantitative estimate of drug-likeness (QED) is 0.859. The van der Waals surface area contributed by atoms with Crippen LogP contribution < -0.4 is 5.32 Å². The molecule has 1 N–H and O–H groups in total. The summed E-state index contributed by atoms with van der Waals surface area (Å²) in [4.78, 5) is 17.4. The van der Waals surface area contributed by atoms with Crippen molar-refractivity contribution in [1.82, 2.24) is 15.1 Å². The third-order valence-electron chi connectivity index (χ3n) is 5.68. The predicted molar refractivity (Wildman–Crippen MR) is 101 cm³/mol. The topological polar surface area (TPSA) is 35.6 Å². The Morgan fingerprint density at radius 3 is 1.92 bits per heavy atom. The molecule has 0 saturated carbocycles. The van der Waals surface area contributed by atoms with Crippen LogP contribution in [0.1, 0.15) is 67.2 Å². The second kappa shape index (κ2) is 7.74. The number of carbonyl (C=O) groups is 1. The van der Waals surface area contributed by atoms with Crippen molar-refractivity contribution in [3.05, 3.63) is 0 Å². The number of likely N-dealkylation sites (tertiary alicyclic amines) is 2. The summed E-state index contributed by atoms with van der Waals surface area (Å²) in [6, 6.07) is 0.371. The molecule has 1 amide bonds. The number of nitrogens with zero attached hydrogens (tertiary/aromatic N) is 2. The van der Waals surface area contributed by atoms with Crippen LogP contribution in [-0.2, 0) is 4.79 Å². The van der Waals surface area contributed by atoms with E-state index in [1.165, 1.54) is 32.5 Å². The maximum Gasteiger partial charge on any atom is 0.225 e. The third kappa shape index (κ3) is 5.73. The Balaban J connectivity index is 1.68. The van der Waals surface area contributed by atoms with E-state index in [9.17, 15) is 4.79 Å². The Hall–Kier alpha value is -0.610. The molecule has 0 aliphatic carbocycles. The van der Waals surface area contributed by atoms with Crippen LogP contribution in [-0.4, -0.2) is 60.0 Å². The minimum atomic E-state index is -0.280. The van der Waals surface area contributed by atoms with Gasteiger partial charge >= 0.3 is 0 Å². The van der Waals surface area contributed by atoms with Crippen LogP contribution in [0.25, 0.3) is 0 Å². The molecule has 0 aromatic carbocycles. The maximum absolute atomic E-state index is 12.1. The van der Waals surface area contributed by atoms with Gasteiger partial charge in [0.2, 0.25) is 5.91 Å². The van der Waals surface area contributed by atoms with Crippen LogP contribution in [0.2, 0.25) is 0 Å². The molecule has 0 atom stereocenters. The van der Waals surface area contributed by atoms with E-state index in [0.29, 0.717) is 11.6 Å².